The molecule has 1 aromatic heterocycles. The molecule has 0 aliphatic heterocycles. The van der Waals surface area contributed by atoms with Crippen LogP contribution in [0.4, 0.5) is 0 Å². The van der Waals surface area contributed by atoms with E-state index in [2.05, 4.69) is 10.3 Å². The summed E-state index contributed by atoms with van der Waals surface area (Å²) in [4.78, 5) is 16.1. The molecule has 2 rings (SSSR count). The zero-order chi connectivity index (χ0) is 19.7. The van der Waals surface area contributed by atoms with Crippen molar-refractivity contribution >= 4 is 15.7 Å². The average Bonchev–Trinajstić information content (AvgIpc) is 2.64. The van der Waals surface area contributed by atoms with Gasteiger partial charge in [-0.3, -0.25) is 9.78 Å². The Bertz CT molecular complexity index is 819. The van der Waals surface area contributed by atoms with Crippen molar-refractivity contribution in [3.8, 4) is 5.75 Å². The van der Waals surface area contributed by atoms with Gasteiger partial charge in [0.1, 0.15) is 5.75 Å². The summed E-state index contributed by atoms with van der Waals surface area (Å²) in [5, 5.41) is 2.76. The van der Waals surface area contributed by atoms with Gasteiger partial charge in [-0.1, -0.05) is 6.07 Å². The number of amides is 1. The molecule has 0 unspecified atom stereocenters. The molecule has 0 aliphatic rings. The standard InChI is InChI=1S/C20H26N2O4S/c1-16(2)26-18-7-9-19(10-8-18)27(24,25)14-11-20(23)22-13-4-6-17-5-3-12-21-15-17/h3,5,7-10,12,15-16H,4,6,11,13-14H2,1-2H3,(H,22,23). The predicted octanol–water partition coefficient (Wildman–Crippen LogP) is 2.78. The minimum absolute atomic E-state index is 0.0225. The van der Waals surface area contributed by atoms with Gasteiger partial charge in [-0.25, -0.2) is 8.42 Å². The number of hydrogen-bond acceptors (Lipinski definition) is 5. The Balaban J connectivity index is 1.74. The van der Waals surface area contributed by atoms with Gasteiger partial charge in [0, 0.05) is 25.4 Å². The SMILES string of the molecule is CC(C)Oc1ccc(S(=O)(=O)CCC(=O)NCCCc2cccnc2)cc1. The summed E-state index contributed by atoms with van der Waals surface area (Å²) in [5.74, 6) is 0.145. The monoisotopic (exact) mass is 390 g/mol. The normalized spacial score (nSPS) is 11.4. The highest BCUT2D eigenvalue weighted by atomic mass is 32.2. The third-order valence-corrected chi connectivity index (χ3v) is 5.57. The van der Waals surface area contributed by atoms with Gasteiger partial charge < -0.3 is 10.1 Å². The Morgan fingerprint density at radius 3 is 2.56 bits per heavy atom. The second-order valence-corrected chi connectivity index (χ2v) is 8.63. The van der Waals surface area contributed by atoms with Crippen molar-refractivity contribution in [3.63, 3.8) is 0 Å². The number of sulfone groups is 1. The van der Waals surface area contributed by atoms with Gasteiger partial charge in [0.15, 0.2) is 9.84 Å². The Labute approximate surface area is 160 Å². The van der Waals surface area contributed by atoms with E-state index in [1.54, 1.807) is 24.5 Å². The lowest BCUT2D eigenvalue weighted by Gasteiger charge is -2.10. The van der Waals surface area contributed by atoms with Gasteiger partial charge in [-0.15, -0.1) is 0 Å². The summed E-state index contributed by atoms with van der Waals surface area (Å²) in [5.41, 5.74) is 1.11. The number of aryl methyl sites for hydroxylation is 1. The summed E-state index contributed by atoms with van der Waals surface area (Å²) >= 11 is 0. The van der Waals surface area contributed by atoms with E-state index in [-0.39, 0.29) is 29.1 Å². The first kappa shape index (κ1) is 20.9. The number of aromatic nitrogens is 1. The van der Waals surface area contributed by atoms with Crippen LogP contribution >= 0.6 is 0 Å². The Morgan fingerprint density at radius 2 is 1.93 bits per heavy atom. The maximum atomic E-state index is 12.4. The summed E-state index contributed by atoms with van der Waals surface area (Å²) in [6.07, 6.45) is 5.08. The number of rotatable bonds is 10. The molecule has 7 heteroatoms. The molecule has 0 radical (unpaired) electrons. The van der Waals surface area contributed by atoms with Crippen molar-refractivity contribution in [3.05, 3.63) is 54.4 Å². The number of pyridine rings is 1. The third-order valence-electron chi connectivity index (χ3n) is 3.84. The lowest BCUT2D eigenvalue weighted by Crippen LogP contribution is -2.26. The highest BCUT2D eigenvalue weighted by Gasteiger charge is 2.16. The van der Waals surface area contributed by atoms with E-state index in [4.69, 9.17) is 4.74 Å². The Kier molecular flexibility index (Phi) is 7.79. The van der Waals surface area contributed by atoms with Crippen LogP contribution in [0.5, 0.6) is 5.75 Å². The number of carbonyl (C=O) groups is 1. The lowest BCUT2D eigenvalue weighted by molar-refractivity contribution is -0.120. The second kappa shape index (κ2) is 10.1. The van der Waals surface area contributed by atoms with Crippen LogP contribution in [0.2, 0.25) is 0 Å². The molecule has 1 N–H and O–H groups in total. The number of benzene rings is 1. The van der Waals surface area contributed by atoms with Crippen LogP contribution in [0, 0.1) is 0 Å². The molecule has 0 aliphatic carbocycles. The van der Waals surface area contributed by atoms with Gasteiger partial charge in [-0.2, -0.15) is 0 Å². The van der Waals surface area contributed by atoms with Crippen molar-refractivity contribution in [2.75, 3.05) is 12.3 Å². The van der Waals surface area contributed by atoms with Crippen molar-refractivity contribution < 1.29 is 17.9 Å². The quantitative estimate of drug-likeness (QED) is 0.631. The molecule has 0 bridgehead atoms. The molecule has 0 saturated heterocycles. The fourth-order valence-electron chi connectivity index (χ4n) is 2.50. The third kappa shape index (κ3) is 7.38. The molecule has 27 heavy (non-hydrogen) atoms. The van der Waals surface area contributed by atoms with E-state index in [0.29, 0.717) is 12.3 Å². The van der Waals surface area contributed by atoms with Gasteiger partial charge in [0.2, 0.25) is 5.91 Å². The van der Waals surface area contributed by atoms with Crippen molar-refractivity contribution in [2.45, 2.75) is 44.1 Å². The minimum atomic E-state index is -3.50. The molecule has 6 nitrogen and oxygen atoms in total. The zero-order valence-electron chi connectivity index (χ0n) is 15.7. The first-order chi connectivity index (χ1) is 12.9. The number of ether oxygens (including phenoxy) is 1. The van der Waals surface area contributed by atoms with E-state index in [9.17, 15) is 13.2 Å². The summed E-state index contributed by atoms with van der Waals surface area (Å²) in [6, 6.07) is 10.1. The molecule has 0 saturated carbocycles. The van der Waals surface area contributed by atoms with E-state index in [0.717, 1.165) is 18.4 Å². The molecule has 0 fully saturated rings. The minimum Gasteiger partial charge on any atom is -0.491 e. The van der Waals surface area contributed by atoms with Crippen LogP contribution in [0.1, 0.15) is 32.3 Å². The molecule has 0 spiro atoms. The second-order valence-electron chi connectivity index (χ2n) is 6.52. The Morgan fingerprint density at radius 1 is 1.19 bits per heavy atom. The van der Waals surface area contributed by atoms with Gasteiger partial charge in [0.25, 0.3) is 0 Å². The van der Waals surface area contributed by atoms with Crippen LogP contribution < -0.4 is 10.1 Å². The molecule has 1 heterocycles. The first-order valence-corrected chi connectivity index (χ1v) is 10.7. The maximum absolute atomic E-state index is 12.4. The van der Waals surface area contributed by atoms with Gasteiger partial charge in [-0.05, 0) is 62.6 Å². The smallest absolute Gasteiger partial charge is 0.221 e. The topological polar surface area (TPSA) is 85.4 Å². The predicted molar refractivity (Wildman–Crippen MR) is 104 cm³/mol. The van der Waals surface area contributed by atoms with E-state index in [1.807, 2.05) is 26.0 Å². The molecule has 1 amide bonds. The molecular weight excluding hydrogens is 364 g/mol. The van der Waals surface area contributed by atoms with E-state index >= 15 is 0 Å². The van der Waals surface area contributed by atoms with Crippen LogP contribution in [-0.4, -0.2) is 37.7 Å². The van der Waals surface area contributed by atoms with Crippen LogP contribution in [0.3, 0.4) is 0 Å². The van der Waals surface area contributed by atoms with Gasteiger partial charge in [0.05, 0.1) is 16.8 Å². The van der Waals surface area contributed by atoms with E-state index < -0.39 is 9.84 Å². The number of nitrogens with one attached hydrogen (secondary N) is 1. The van der Waals surface area contributed by atoms with Crippen molar-refractivity contribution in [1.29, 1.82) is 0 Å². The highest BCUT2D eigenvalue weighted by molar-refractivity contribution is 7.91. The first-order valence-electron chi connectivity index (χ1n) is 9.02. The molecule has 0 atom stereocenters. The molecular formula is C20H26N2O4S. The largest absolute Gasteiger partial charge is 0.491 e. The zero-order valence-corrected chi connectivity index (χ0v) is 16.5. The van der Waals surface area contributed by atoms with Crippen LogP contribution in [0.15, 0.2) is 53.7 Å². The number of nitrogens with zero attached hydrogens (tertiary/aromatic N) is 1. The summed E-state index contributed by atoms with van der Waals surface area (Å²) in [7, 11) is -3.50. The molecule has 1 aromatic carbocycles. The highest BCUT2D eigenvalue weighted by Crippen LogP contribution is 2.18. The number of hydrogen-bond donors (Lipinski definition) is 1. The molecule has 146 valence electrons. The maximum Gasteiger partial charge on any atom is 0.221 e. The van der Waals surface area contributed by atoms with Crippen molar-refractivity contribution in [2.24, 2.45) is 0 Å². The van der Waals surface area contributed by atoms with Crippen molar-refractivity contribution in [1.82, 2.24) is 10.3 Å². The lowest BCUT2D eigenvalue weighted by atomic mass is 10.1. The summed E-state index contributed by atoms with van der Waals surface area (Å²) < 4.78 is 30.2. The fraction of sp³-hybridized carbons (Fsp3) is 0.400. The average molecular weight is 391 g/mol. The molecule has 2 aromatic rings. The Hall–Kier alpha value is -2.41. The summed E-state index contributed by atoms with van der Waals surface area (Å²) in [6.45, 7) is 4.31. The fourth-order valence-corrected chi connectivity index (χ4v) is 3.74. The van der Waals surface area contributed by atoms with Gasteiger partial charge >= 0.3 is 0 Å². The number of carbonyl (C=O) groups excluding carboxylic acids is 1. The van der Waals surface area contributed by atoms with Crippen LogP contribution in [-0.2, 0) is 21.1 Å². The van der Waals surface area contributed by atoms with E-state index in [1.165, 1.54) is 12.1 Å². The van der Waals surface area contributed by atoms with Crippen LogP contribution in [0.25, 0.3) is 0 Å².